The Kier molecular flexibility index (Phi) is 10.3. The lowest BCUT2D eigenvalue weighted by Gasteiger charge is -2.13. The molecule has 1 aromatic rings. The Morgan fingerprint density at radius 1 is 1.10 bits per heavy atom. The number of halogens is 1. The SMILES string of the molecule is CCN[C@H](C)CNC(=O)CNC(=O)Cc1ccccc1.Cl. The number of carbonyl (C=O) groups excluding carboxylic acids is 2. The van der Waals surface area contributed by atoms with Gasteiger partial charge in [-0.2, -0.15) is 0 Å². The molecule has 0 aromatic heterocycles. The molecule has 0 saturated carbocycles. The predicted molar refractivity (Wildman–Crippen MR) is 86.6 cm³/mol. The molecule has 0 aliphatic heterocycles. The van der Waals surface area contributed by atoms with Crippen molar-refractivity contribution in [3.05, 3.63) is 35.9 Å². The summed E-state index contributed by atoms with van der Waals surface area (Å²) in [4.78, 5) is 23.2. The molecule has 0 aliphatic rings. The molecule has 0 radical (unpaired) electrons. The maximum atomic E-state index is 11.7. The molecule has 6 heteroatoms. The third-order valence-electron chi connectivity index (χ3n) is 2.81. The van der Waals surface area contributed by atoms with Gasteiger partial charge in [0, 0.05) is 12.6 Å². The van der Waals surface area contributed by atoms with Gasteiger partial charge in [-0.25, -0.2) is 0 Å². The quantitative estimate of drug-likeness (QED) is 0.667. The highest BCUT2D eigenvalue weighted by atomic mass is 35.5. The van der Waals surface area contributed by atoms with Crippen LogP contribution in [0.2, 0.25) is 0 Å². The van der Waals surface area contributed by atoms with Gasteiger partial charge in [0.15, 0.2) is 0 Å². The summed E-state index contributed by atoms with van der Waals surface area (Å²) in [6.07, 6.45) is 0.294. The highest BCUT2D eigenvalue weighted by Gasteiger charge is 2.07. The molecular weight excluding hydrogens is 290 g/mol. The van der Waals surface area contributed by atoms with Gasteiger partial charge < -0.3 is 16.0 Å². The molecule has 1 atom stereocenters. The summed E-state index contributed by atoms with van der Waals surface area (Å²) in [7, 11) is 0. The standard InChI is InChI=1S/C15H23N3O2.ClH/c1-3-16-12(2)10-17-15(20)11-18-14(19)9-13-7-5-4-6-8-13;/h4-8,12,16H,3,9-11H2,1-2H3,(H,17,20)(H,18,19);1H/t12-;/m1./s1. The summed E-state index contributed by atoms with van der Waals surface area (Å²) in [6.45, 7) is 5.45. The summed E-state index contributed by atoms with van der Waals surface area (Å²) >= 11 is 0. The lowest BCUT2D eigenvalue weighted by atomic mass is 10.1. The fraction of sp³-hybridized carbons (Fsp3) is 0.467. The second-order valence-electron chi connectivity index (χ2n) is 4.70. The number of nitrogens with one attached hydrogen (secondary N) is 3. The fourth-order valence-electron chi connectivity index (χ4n) is 1.77. The smallest absolute Gasteiger partial charge is 0.239 e. The van der Waals surface area contributed by atoms with E-state index in [1.165, 1.54) is 0 Å². The van der Waals surface area contributed by atoms with E-state index in [0.29, 0.717) is 13.0 Å². The minimum atomic E-state index is -0.170. The third kappa shape index (κ3) is 9.05. The van der Waals surface area contributed by atoms with Crippen molar-refractivity contribution in [1.29, 1.82) is 0 Å². The molecule has 0 spiro atoms. The van der Waals surface area contributed by atoms with Crippen molar-refractivity contribution in [2.45, 2.75) is 26.3 Å². The first-order valence-electron chi connectivity index (χ1n) is 6.92. The molecule has 0 saturated heterocycles. The number of likely N-dealkylation sites (N-methyl/N-ethyl adjacent to an activating group) is 1. The van der Waals surface area contributed by atoms with Crippen LogP contribution in [0, 0.1) is 0 Å². The zero-order valence-electron chi connectivity index (χ0n) is 12.5. The second kappa shape index (κ2) is 11.1. The Morgan fingerprint density at radius 2 is 1.76 bits per heavy atom. The van der Waals surface area contributed by atoms with E-state index in [2.05, 4.69) is 16.0 Å². The monoisotopic (exact) mass is 313 g/mol. The van der Waals surface area contributed by atoms with Crippen LogP contribution in [0.1, 0.15) is 19.4 Å². The highest BCUT2D eigenvalue weighted by Crippen LogP contribution is 1.98. The third-order valence-corrected chi connectivity index (χ3v) is 2.81. The average molecular weight is 314 g/mol. The summed E-state index contributed by atoms with van der Waals surface area (Å²) in [5, 5.41) is 8.58. The van der Waals surface area contributed by atoms with Gasteiger partial charge in [0.05, 0.1) is 13.0 Å². The van der Waals surface area contributed by atoms with Crippen molar-refractivity contribution < 1.29 is 9.59 Å². The zero-order chi connectivity index (χ0) is 14.8. The Balaban J connectivity index is 0.00000400. The summed E-state index contributed by atoms with van der Waals surface area (Å²) < 4.78 is 0. The van der Waals surface area contributed by atoms with Crippen molar-refractivity contribution in [1.82, 2.24) is 16.0 Å². The molecular formula is C15H24ClN3O2. The van der Waals surface area contributed by atoms with E-state index in [1.807, 2.05) is 44.2 Å². The number of rotatable bonds is 8. The van der Waals surface area contributed by atoms with E-state index in [0.717, 1.165) is 12.1 Å². The van der Waals surface area contributed by atoms with Gasteiger partial charge in [0.2, 0.25) is 11.8 Å². The molecule has 21 heavy (non-hydrogen) atoms. The summed E-state index contributed by atoms with van der Waals surface area (Å²) in [5.41, 5.74) is 0.936. The van der Waals surface area contributed by atoms with Gasteiger partial charge in [-0.1, -0.05) is 37.3 Å². The van der Waals surface area contributed by atoms with Crippen LogP contribution in [0.3, 0.4) is 0 Å². The van der Waals surface area contributed by atoms with Gasteiger partial charge in [-0.15, -0.1) is 12.4 Å². The zero-order valence-corrected chi connectivity index (χ0v) is 13.3. The van der Waals surface area contributed by atoms with Crippen molar-refractivity contribution in [3.8, 4) is 0 Å². The minimum Gasteiger partial charge on any atom is -0.353 e. The van der Waals surface area contributed by atoms with E-state index in [4.69, 9.17) is 0 Å². The molecule has 0 unspecified atom stereocenters. The Morgan fingerprint density at radius 3 is 2.38 bits per heavy atom. The van der Waals surface area contributed by atoms with Gasteiger partial charge in [-0.05, 0) is 19.0 Å². The lowest BCUT2D eigenvalue weighted by molar-refractivity contribution is -0.125. The Bertz CT molecular complexity index is 426. The number of carbonyl (C=O) groups is 2. The normalized spacial score (nSPS) is 11.1. The van der Waals surface area contributed by atoms with Gasteiger partial charge in [-0.3, -0.25) is 9.59 Å². The van der Waals surface area contributed by atoms with Crippen molar-refractivity contribution in [2.24, 2.45) is 0 Å². The van der Waals surface area contributed by atoms with E-state index >= 15 is 0 Å². The minimum absolute atomic E-state index is 0. The highest BCUT2D eigenvalue weighted by molar-refractivity contribution is 5.86. The van der Waals surface area contributed by atoms with Gasteiger partial charge >= 0.3 is 0 Å². The molecule has 2 amide bonds. The average Bonchev–Trinajstić information content (AvgIpc) is 2.44. The van der Waals surface area contributed by atoms with Crippen LogP contribution >= 0.6 is 12.4 Å². The first kappa shape index (κ1) is 19.4. The summed E-state index contributed by atoms with van der Waals surface area (Å²) in [5.74, 6) is -0.317. The van der Waals surface area contributed by atoms with E-state index in [-0.39, 0.29) is 36.8 Å². The van der Waals surface area contributed by atoms with Crippen LogP contribution in [-0.2, 0) is 16.0 Å². The maximum Gasteiger partial charge on any atom is 0.239 e. The molecule has 0 bridgehead atoms. The molecule has 1 rings (SSSR count). The first-order valence-corrected chi connectivity index (χ1v) is 6.92. The molecule has 0 fully saturated rings. The van der Waals surface area contributed by atoms with Crippen LogP contribution in [0.4, 0.5) is 0 Å². The van der Waals surface area contributed by atoms with E-state index in [1.54, 1.807) is 0 Å². The van der Waals surface area contributed by atoms with Crippen molar-refractivity contribution >= 4 is 24.2 Å². The molecule has 0 aliphatic carbocycles. The van der Waals surface area contributed by atoms with Crippen molar-refractivity contribution in [3.63, 3.8) is 0 Å². The van der Waals surface area contributed by atoms with Crippen LogP contribution in [0.25, 0.3) is 0 Å². The van der Waals surface area contributed by atoms with Gasteiger partial charge in [0.1, 0.15) is 0 Å². The van der Waals surface area contributed by atoms with Crippen LogP contribution in [-0.4, -0.2) is 37.5 Å². The largest absolute Gasteiger partial charge is 0.353 e. The Labute approximate surface area is 132 Å². The van der Waals surface area contributed by atoms with Gasteiger partial charge in [0.25, 0.3) is 0 Å². The van der Waals surface area contributed by atoms with Crippen LogP contribution < -0.4 is 16.0 Å². The molecule has 1 aromatic carbocycles. The number of hydrogen-bond acceptors (Lipinski definition) is 3. The maximum absolute atomic E-state index is 11.7. The summed E-state index contributed by atoms with van der Waals surface area (Å²) in [6, 6.07) is 9.68. The lowest BCUT2D eigenvalue weighted by Crippen LogP contribution is -2.43. The fourth-order valence-corrected chi connectivity index (χ4v) is 1.77. The number of hydrogen-bond donors (Lipinski definition) is 3. The Hall–Kier alpha value is -1.59. The van der Waals surface area contributed by atoms with Crippen LogP contribution in [0.5, 0.6) is 0 Å². The number of amides is 2. The first-order chi connectivity index (χ1) is 9.61. The molecule has 5 nitrogen and oxygen atoms in total. The molecule has 118 valence electrons. The van der Waals surface area contributed by atoms with Crippen LogP contribution in [0.15, 0.2) is 30.3 Å². The van der Waals surface area contributed by atoms with E-state index in [9.17, 15) is 9.59 Å². The molecule has 3 N–H and O–H groups in total. The topological polar surface area (TPSA) is 70.2 Å². The predicted octanol–water partition coefficient (Wildman–Crippen LogP) is 0.881. The number of benzene rings is 1. The second-order valence-corrected chi connectivity index (χ2v) is 4.70. The molecule has 0 heterocycles. The van der Waals surface area contributed by atoms with E-state index < -0.39 is 0 Å². The van der Waals surface area contributed by atoms with Crippen molar-refractivity contribution in [2.75, 3.05) is 19.6 Å².